The van der Waals surface area contributed by atoms with E-state index in [0.29, 0.717) is 0 Å². The molecule has 0 amide bonds. The standard InChI is InChI=1S/C20H33Br/c1-3-4-5-6-7-8-9-10-11-15-18-20(2,21)19-16-13-12-14-17-19/h12-14,16-17H,3-11,15,18H2,1-2H3. The predicted octanol–water partition coefficient (Wildman–Crippen LogP) is 7.61. The van der Waals surface area contributed by atoms with Crippen molar-refractivity contribution in [2.45, 2.75) is 88.8 Å². The van der Waals surface area contributed by atoms with Gasteiger partial charge in [-0.15, -0.1) is 0 Å². The van der Waals surface area contributed by atoms with Gasteiger partial charge in [-0.3, -0.25) is 0 Å². The van der Waals surface area contributed by atoms with Crippen molar-refractivity contribution in [2.24, 2.45) is 0 Å². The van der Waals surface area contributed by atoms with Gasteiger partial charge in [0.1, 0.15) is 0 Å². The molecule has 0 spiro atoms. The van der Waals surface area contributed by atoms with Crippen LogP contribution in [0.2, 0.25) is 0 Å². The van der Waals surface area contributed by atoms with Gasteiger partial charge in [0.15, 0.2) is 0 Å². The molecule has 21 heavy (non-hydrogen) atoms. The van der Waals surface area contributed by atoms with Crippen molar-refractivity contribution in [1.82, 2.24) is 0 Å². The highest BCUT2D eigenvalue weighted by molar-refractivity contribution is 9.09. The maximum absolute atomic E-state index is 3.91. The average molecular weight is 353 g/mol. The lowest BCUT2D eigenvalue weighted by Crippen LogP contribution is -2.12. The monoisotopic (exact) mass is 352 g/mol. The minimum absolute atomic E-state index is 0.147. The number of halogens is 1. The maximum atomic E-state index is 3.91. The van der Waals surface area contributed by atoms with E-state index in [1.54, 1.807) is 0 Å². The van der Waals surface area contributed by atoms with Crippen LogP contribution >= 0.6 is 15.9 Å². The summed E-state index contributed by atoms with van der Waals surface area (Å²) in [7, 11) is 0. The highest BCUT2D eigenvalue weighted by atomic mass is 79.9. The van der Waals surface area contributed by atoms with Crippen LogP contribution < -0.4 is 0 Å². The highest BCUT2D eigenvalue weighted by Crippen LogP contribution is 2.36. The molecule has 0 bridgehead atoms. The molecule has 0 aliphatic rings. The summed E-state index contributed by atoms with van der Waals surface area (Å²) in [6.07, 6.45) is 15.3. The van der Waals surface area contributed by atoms with E-state index in [1.807, 2.05) is 0 Å². The number of alkyl halides is 1. The van der Waals surface area contributed by atoms with E-state index >= 15 is 0 Å². The largest absolute Gasteiger partial charge is 0.0804 e. The Bertz CT molecular complexity index is 342. The third-order valence-corrected chi connectivity index (χ3v) is 5.23. The fourth-order valence-electron chi connectivity index (χ4n) is 2.87. The normalized spacial score (nSPS) is 14.0. The molecule has 0 aromatic heterocycles. The van der Waals surface area contributed by atoms with Gasteiger partial charge in [-0.25, -0.2) is 0 Å². The summed E-state index contributed by atoms with van der Waals surface area (Å²) >= 11 is 3.91. The number of hydrogen-bond acceptors (Lipinski definition) is 0. The Morgan fingerprint density at radius 2 is 1.24 bits per heavy atom. The molecule has 1 aromatic rings. The quantitative estimate of drug-likeness (QED) is 0.268. The van der Waals surface area contributed by atoms with Crippen LogP contribution in [-0.2, 0) is 4.32 Å². The first-order valence-corrected chi connectivity index (χ1v) is 9.70. The second-order valence-corrected chi connectivity index (χ2v) is 8.25. The SMILES string of the molecule is CCCCCCCCCCCCC(C)(Br)c1ccccc1. The van der Waals surface area contributed by atoms with E-state index in [4.69, 9.17) is 0 Å². The molecule has 0 radical (unpaired) electrons. The van der Waals surface area contributed by atoms with Crippen LogP contribution in [-0.4, -0.2) is 0 Å². The number of unbranched alkanes of at least 4 members (excludes halogenated alkanes) is 9. The second kappa shape index (κ2) is 11.3. The fourth-order valence-corrected chi connectivity index (χ4v) is 3.42. The molecule has 0 heterocycles. The van der Waals surface area contributed by atoms with Crippen LogP contribution in [0.4, 0.5) is 0 Å². The topological polar surface area (TPSA) is 0 Å². The van der Waals surface area contributed by atoms with E-state index < -0.39 is 0 Å². The van der Waals surface area contributed by atoms with Crippen molar-refractivity contribution in [3.8, 4) is 0 Å². The maximum Gasteiger partial charge on any atom is 0.0477 e. The molecule has 0 fully saturated rings. The van der Waals surface area contributed by atoms with Crippen LogP contribution in [0.3, 0.4) is 0 Å². The van der Waals surface area contributed by atoms with Gasteiger partial charge in [0.25, 0.3) is 0 Å². The molecule has 0 N–H and O–H groups in total. The average Bonchev–Trinajstić information content (AvgIpc) is 2.50. The zero-order valence-electron chi connectivity index (χ0n) is 14.0. The van der Waals surface area contributed by atoms with E-state index in [1.165, 1.54) is 76.2 Å². The van der Waals surface area contributed by atoms with E-state index in [2.05, 4.69) is 60.1 Å². The van der Waals surface area contributed by atoms with Crippen LogP contribution in [0.25, 0.3) is 0 Å². The van der Waals surface area contributed by atoms with Crippen LogP contribution in [0.5, 0.6) is 0 Å². The Morgan fingerprint density at radius 1 is 0.762 bits per heavy atom. The molecule has 0 aliphatic heterocycles. The Labute approximate surface area is 140 Å². The highest BCUT2D eigenvalue weighted by Gasteiger charge is 2.21. The molecule has 1 heteroatoms. The first-order valence-electron chi connectivity index (χ1n) is 8.91. The van der Waals surface area contributed by atoms with Gasteiger partial charge in [0.2, 0.25) is 0 Å². The molecule has 1 aromatic carbocycles. The number of hydrogen-bond donors (Lipinski definition) is 0. The number of benzene rings is 1. The minimum atomic E-state index is 0.147. The van der Waals surface area contributed by atoms with Crippen LogP contribution in [0.1, 0.15) is 90.0 Å². The molecule has 1 unspecified atom stereocenters. The van der Waals surface area contributed by atoms with Crippen molar-refractivity contribution in [3.63, 3.8) is 0 Å². The second-order valence-electron chi connectivity index (χ2n) is 6.50. The zero-order chi connectivity index (χ0) is 15.4. The molecule has 1 rings (SSSR count). The molecular formula is C20H33Br. The molecule has 120 valence electrons. The zero-order valence-corrected chi connectivity index (χ0v) is 15.6. The van der Waals surface area contributed by atoms with E-state index in [0.717, 1.165) is 0 Å². The number of rotatable bonds is 12. The smallest absolute Gasteiger partial charge is 0.0477 e. The van der Waals surface area contributed by atoms with Crippen molar-refractivity contribution in [1.29, 1.82) is 0 Å². The summed E-state index contributed by atoms with van der Waals surface area (Å²) in [6.45, 7) is 4.59. The molecule has 1 atom stereocenters. The Balaban J connectivity index is 2.01. The van der Waals surface area contributed by atoms with Crippen molar-refractivity contribution >= 4 is 15.9 Å². The van der Waals surface area contributed by atoms with Gasteiger partial charge in [-0.05, 0) is 18.9 Å². The van der Waals surface area contributed by atoms with E-state index in [9.17, 15) is 0 Å². The van der Waals surface area contributed by atoms with Gasteiger partial charge in [-0.1, -0.05) is 117 Å². The minimum Gasteiger partial charge on any atom is -0.0804 e. The summed E-state index contributed by atoms with van der Waals surface area (Å²) in [4.78, 5) is 0. The van der Waals surface area contributed by atoms with Gasteiger partial charge in [0, 0.05) is 4.32 Å². The fraction of sp³-hybridized carbons (Fsp3) is 0.700. The molecular weight excluding hydrogens is 320 g/mol. The lowest BCUT2D eigenvalue weighted by Gasteiger charge is -2.23. The summed E-state index contributed by atoms with van der Waals surface area (Å²) in [5.41, 5.74) is 1.40. The van der Waals surface area contributed by atoms with Gasteiger partial charge in [0.05, 0.1) is 0 Å². The van der Waals surface area contributed by atoms with Gasteiger partial charge < -0.3 is 0 Å². The Hall–Kier alpha value is -0.300. The lowest BCUT2D eigenvalue weighted by molar-refractivity contribution is 0.523. The van der Waals surface area contributed by atoms with Gasteiger partial charge >= 0.3 is 0 Å². The van der Waals surface area contributed by atoms with Crippen molar-refractivity contribution < 1.29 is 0 Å². The van der Waals surface area contributed by atoms with Crippen LogP contribution in [0.15, 0.2) is 30.3 Å². The van der Waals surface area contributed by atoms with Crippen molar-refractivity contribution in [3.05, 3.63) is 35.9 Å². The Morgan fingerprint density at radius 3 is 1.76 bits per heavy atom. The molecule has 0 saturated carbocycles. The third kappa shape index (κ3) is 8.66. The summed E-state index contributed by atoms with van der Waals surface area (Å²) < 4.78 is 0.147. The van der Waals surface area contributed by atoms with Crippen LogP contribution in [0, 0.1) is 0 Å². The van der Waals surface area contributed by atoms with Gasteiger partial charge in [-0.2, -0.15) is 0 Å². The molecule has 0 aliphatic carbocycles. The first kappa shape index (κ1) is 18.7. The van der Waals surface area contributed by atoms with E-state index in [-0.39, 0.29) is 4.32 Å². The predicted molar refractivity (Wildman–Crippen MR) is 99.2 cm³/mol. The van der Waals surface area contributed by atoms with Crippen molar-refractivity contribution in [2.75, 3.05) is 0 Å². The molecule has 0 saturated heterocycles. The third-order valence-electron chi connectivity index (χ3n) is 4.38. The first-order chi connectivity index (χ1) is 10.2. The Kier molecular flexibility index (Phi) is 10.1. The molecule has 0 nitrogen and oxygen atoms in total. The summed E-state index contributed by atoms with van der Waals surface area (Å²) in [5, 5.41) is 0. The lowest BCUT2D eigenvalue weighted by atomic mass is 9.94. The summed E-state index contributed by atoms with van der Waals surface area (Å²) in [5.74, 6) is 0. The summed E-state index contributed by atoms with van der Waals surface area (Å²) in [6, 6.07) is 10.8.